The normalized spacial score (nSPS) is 11.1. The van der Waals surface area contributed by atoms with Crippen LogP contribution in [0.5, 0.6) is 0 Å². The van der Waals surface area contributed by atoms with Gasteiger partial charge in [0.1, 0.15) is 4.88 Å². The van der Waals surface area contributed by atoms with Crippen molar-refractivity contribution in [1.29, 1.82) is 0 Å². The molecule has 0 saturated carbocycles. The fourth-order valence-electron chi connectivity index (χ4n) is 3.19. The first kappa shape index (κ1) is 17.5. The highest BCUT2D eigenvalue weighted by Gasteiger charge is 2.08. The van der Waals surface area contributed by atoms with Gasteiger partial charge in [0.05, 0.1) is 0 Å². The fraction of sp³-hybridized carbons (Fsp3) is 0.136. The molecule has 0 fully saturated rings. The molecule has 0 aliphatic rings. The lowest BCUT2D eigenvalue weighted by molar-refractivity contribution is 0.0702. The number of carbonyl (C=O) groups is 1. The Kier molecular flexibility index (Phi) is 5.05. The van der Waals surface area contributed by atoms with Crippen LogP contribution in [0.1, 0.15) is 20.8 Å². The van der Waals surface area contributed by atoms with E-state index in [9.17, 15) is 4.79 Å². The number of aromatic amines is 1. The lowest BCUT2D eigenvalue weighted by Gasteiger charge is -2.06. The highest BCUT2D eigenvalue weighted by atomic mass is 32.1. The lowest BCUT2D eigenvalue weighted by Crippen LogP contribution is -2.16. The third kappa shape index (κ3) is 3.94. The minimum atomic E-state index is -0.873. The number of nitrogens with one attached hydrogen (secondary N) is 2. The summed E-state index contributed by atoms with van der Waals surface area (Å²) in [6, 6.07) is 20.2. The molecular formula is C22H20N2O2S. The van der Waals surface area contributed by atoms with Crippen molar-refractivity contribution < 1.29 is 9.90 Å². The summed E-state index contributed by atoms with van der Waals surface area (Å²) in [6.45, 7) is 1.73. The van der Waals surface area contributed by atoms with Gasteiger partial charge in [-0.1, -0.05) is 42.5 Å². The zero-order valence-electron chi connectivity index (χ0n) is 14.7. The summed E-state index contributed by atoms with van der Waals surface area (Å²) in [5, 5.41) is 13.8. The first-order chi connectivity index (χ1) is 13.2. The third-order valence-corrected chi connectivity index (χ3v) is 5.75. The minimum absolute atomic E-state index is 0.369. The quantitative estimate of drug-likeness (QED) is 0.401. The number of carboxylic acid groups (broad SMARTS) is 1. The molecule has 2 aromatic heterocycles. The van der Waals surface area contributed by atoms with Crippen molar-refractivity contribution in [2.75, 3.05) is 6.54 Å². The van der Waals surface area contributed by atoms with Gasteiger partial charge in [-0.3, -0.25) is 0 Å². The second-order valence-corrected chi connectivity index (χ2v) is 7.54. The SMILES string of the molecule is O=C(O)c1ccc(-c2ccc(CNCCc3c[nH]c4ccccc34)cc2)s1. The van der Waals surface area contributed by atoms with E-state index in [1.54, 1.807) is 6.07 Å². The van der Waals surface area contributed by atoms with Crippen LogP contribution in [0.2, 0.25) is 0 Å². The maximum Gasteiger partial charge on any atom is 0.345 e. The number of rotatable bonds is 7. The Morgan fingerprint density at radius 3 is 2.63 bits per heavy atom. The van der Waals surface area contributed by atoms with Gasteiger partial charge in [0.25, 0.3) is 0 Å². The van der Waals surface area contributed by atoms with Crippen LogP contribution < -0.4 is 5.32 Å². The fourth-order valence-corrected chi connectivity index (χ4v) is 4.04. The molecule has 5 heteroatoms. The summed E-state index contributed by atoms with van der Waals surface area (Å²) in [6.07, 6.45) is 3.07. The highest BCUT2D eigenvalue weighted by Crippen LogP contribution is 2.28. The summed E-state index contributed by atoms with van der Waals surface area (Å²) in [5.41, 5.74) is 4.78. The number of para-hydroxylation sites is 1. The maximum atomic E-state index is 11.0. The topological polar surface area (TPSA) is 65.1 Å². The summed E-state index contributed by atoms with van der Waals surface area (Å²) in [4.78, 5) is 15.7. The Hall–Kier alpha value is -2.89. The van der Waals surface area contributed by atoms with E-state index in [-0.39, 0.29) is 0 Å². The van der Waals surface area contributed by atoms with Gasteiger partial charge in [-0.2, -0.15) is 0 Å². The molecule has 0 aliphatic heterocycles. The van der Waals surface area contributed by atoms with E-state index >= 15 is 0 Å². The molecule has 0 bridgehead atoms. The predicted molar refractivity (Wildman–Crippen MR) is 110 cm³/mol. The highest BCUT2D eigenvalue weighted by molar-refractivity contribution is 7.17. The third-order valence-electron chi connectivity index (χ3n) is 4.63. The monoisotopic (exact) mass is 376 g/mol. The van der Waals surface area contributed by atoms with Crippen LogP contribution in [-0.2, 0) is 13.0 Å². The molecule has 0 amide bonds. The molecule has 0 saturated heterocycles. The molecule has 0 spiro atoms. The van der Waals surface area contributed by atoms with Gasteiger partial charge in [-0.25, -0.2) is 4.79 Å². The van der Waals surface area contributed by atoms with E-state index in [0.717, 1.165) is 30.0 Å². The maximum absolute atomic E-state index is 11.0. The number of hydrogen-bond donors (Lipinski definition) is 3. The Morgan fingerprint density at radius 1 is 1.04 bits per heavy atom. The molecule has 4 rings (SSSR count). The molecule has 4 aromatic rings. The average Bonchev–Trinajstić information content (AvgIpc) is 3.34. The van der Waals surface area contributed by atoms with Gasteiger partial charge < -0.3 is 15.4 Å². The summed E-state index contributed by atoms with van der Waals surface area (Å²) < 4.78 is 0. The van der Waals surface area contributed by atoms with Crippen LogP contribution in [0.25, 0.3) is 21.3 Å². The van der Waals surface area contributed by atoms with Crippen molar-refractivity contribution in [2.24, 2.45) is 0 Å². The standard InChI is InChI=1S/C22H20N2O2S/c25-22(26)21-10-9-20(27-21)16-7-5-15(6-8-16)13-23-12-11-17-14-24-19-4-2-1-3-18(17)19/h1-10,14,23-24H,11-13H2,(H,25,26). The van der Waals surface area contributed by atoms with E-state index in [1.807, 2.05) is 24.3 Å². The molecule has 2 heterocycles. The van der Waals surface area contributed by atoms with Gasteiger partial charge in [0, 0.05) is 28.5 Å². The summed E-state index contributed by atoms with van der Waals surface area (Å²) in [7, 11) is 0. The van der Waals surface area contributed by atoms with Crippen molar-refractivity contribution in [2.45, 2.75) is 13.0 Å². The zero-order valence-corrected chi connectivity index (χ0v) is 15.6. The second kappa shape index (κ2) is 7.78. The van der Waals surface area contributed by atoms with Crippen LogP contribution >= 0.6 is 11.3 Å². The number of fused-ring (bicyclic) bond motifs is 1. The molecule has 0 atom stereocenters. The molecule has 27 heavy (non-hydrogen) atoms. The van der Waals surface area contributed by atoms with Gasteiger partial charge in [0.15, 0.2) is 0 Å². The van der Waals surface area contributed by atoms with Crippen LogP contribution in [0.4, 0.5) is 0 Å². The van der Waals surface area contributed by atoms with Crippen molar-refractivity contribution in [3.63, 3.8) is 0 Å². The van der Waals surface area contributed by atoms with Gasteiger partial charge in [-0.15, -0.1) is 11.3 Å². The van der Waals surface area contributed by atoms with Crippen LogP contribution in [0.3, 0.4) is 0 Å². The number of aromatic nitrogens is 1. The molecule has 2 aromatic carbocycles. The molecule has 4 nitrogen and oxygen atoms in total. The van der Waals surface area contributed by atoms with E-state index in [0.29, 0.717) is 4.88 Å². The van der Waals surface area contributed by atoms with Crippen molar-refractivity contribution in [3.05, 3.63) is 82.9 Å². The predicted octanol–water partition coefficient (Wildman–Crippen LogP) is 4.93. The number of aromatic carboxylic acids is 1. The zero-order chi connectivity index (χ0) is 18.6. The lowest BCUT2D eigenvalue weighted by atomic mass is 10.1. The van der Waals surface area contributed by atoms with E-state index in [1.165, 1.54) is 33.4 Å². The summed E-state index contributed by atoms with van der Waals surface area (Å²) in [5.74, 6) is -0.873. The van der Waals surface area contributed by atoms with E-state index in [4.69, 9.17) is 5.11 Å². The Labute approximate surface area is 161 Å². The molecule has 3 N–H and O–H groups in total. The number of thiophene rings is 1. The Balaban J connectivity index is 1.31. The number of H-pyrrole nitrogens is 1. The second-order valence-electron chi connectivity index (χ2n) is 6.45. The van der Waals surface area contributed by atoms with Crippen molar-refractivity contribution in [1.82, 2.24) is 10.3 Å². The minimum Gasteiger partial charge on any atom is -0.477 e. The largest absolute Gasteiger partial charge is 0.477 e. The Bertz CT molecular complexity index is 1060. The Morgan fingerprint density at radius 2 is 1.85 bits per heavy atom. The number of hydrogen-bond acceptors (Lipinski definition) is 3. The van der Waals surface area contributed by atoms with Crippen LogP contribution in [-0.4, -0.2) is 22.6 Å². The summed E-state index contributed by atoms with van der Waals surface area (Å²) >= 11 is 1.30. The van der Waals surface area contributed by atoms with Gasteiger partial charge in [-0.05, 0) is 47.9 Å². The molecular weight excluding hydrogens is 356 g/mol. The van der Waals surface area contributed by atoms with Crippen LogP contribution in [0.15, 0.2) is 66.9 Å². The number of benzene rings is 2. The smallest absolute Gasteiger partial charge is 0.345 e. The average molecular weight is 376 g/mol. The molecule has 0 unspecified atom stereocenters. The van der Waals surface area contributed by atoms with E-state index < -0.39 is 5.97 Å². The molecule has 136 valence electrons. The number of carboxylic acids is 1. The first-order valence-electron chi connectivity index (χ1n) is 8.89. The van der Waals surface area contributed by atoms with Gasteiger partial charge in [0.2, 0.25) is 0 Å². The van der Waals surface area contributed by atoms with Gasteiger partial charge >= 0.3 is 5.97 Å². The molecule has 0 radical (unpaired) electrons. The molecule has 0 aliphatic carbocycles. The van der Waals surface area contributed by atoms with Crippen molar-refractivity contribution in [3.8, 4) is 10.4 Å². The van der Waals surface area contributed by atoms with Crippen LogP contribution in [0, 0.1) is 0 Å². The van der Waals surface area contributed by atoms with Crippen molar-refractivity contribution >= 4 is 28.2 Å². The first-order valence-corrected chi connectivity index (χ1v) is 9.70. The van der Waals surface area contributed by atoms with E-state index in [2.05, 4.69) is 46.8 Å².